The van der Waals surface area contributed by atoms with Crippen molar-refractivity contribution in [2.75, 3.05) is 0 Å². The van der Waals surface area contributed by atoms with Gasteiger partial charge in [-0.1, -0.05) is 20.3 Å². The van der Waals surface area contributed by atoms with E-state index in [0.29, 0.717) is 0 Å². The Labute approximate surface area is 85.2 Å². The van der Waals surface area contributed by atoms with E-state index >= 15 is 0 Å². The van der Waals surface area contributed by atoms with Gasteiger partial charge in [0.05, 0.1) is 0 Å². The highest BCUT2D eigenvalue weighted by Crippen LogP contribution is 2.03. The first-order valence-corrected chi connectivity index (χ1v) is 5.91. The van der Waals surface area contributed by atoms with Crippen molar-refractivity contribution in [1.82, 2.24) is 4.98 Å². The molecular weight excluding hydrogens is 200 g/mol. The van der Waals surface area contributed by atoms with Gasteiger partial charge in [0, 0.05) is 11.9 Å². The third-order valence-electron chi connectivity index (χ3n) is 1.21. The molecule has 0 atom stereocenters. The Morgan fingerprint density at radius 3 is 2.14 bits per heavy atom. The van der Waals surface area contributed by atoms with E-state index in [9.17, 15) is 8.42 Å². The van der Waals surface area contributed by atoms with Crippen molar-refractivity contribution in [3.63, 3.8) is 0 Å². The summed E-state index contributed by atoms with van der Waals surface area (Å²) in [6.07, 6.45) is 2.49. The molecule has 0 aromatic carbocycles. The molecule has 1 aromatic heterocycles. The maximum Gasteiger partial charge on any atom is 0.239 e. The van der Waals surface area contributed by atoms with Crippen LogP contribution in [0, 0.1) is 6.92 Å². The average molecular weight is 216 g/mol. The minimum Gasteiger partial charge on any atom is -0.260 e. The molecule has 1 rings (SSSR count). The zero-order valence-corrected chi connectivity index (χ0v) is 9.50. The fraction of sp³-hybridized carbons (Fsp3) is 0.444. The van der Waals surface area contributed by atoms with E-state index in [1.807, 2.05) is 0 Å². The summed E-state index contributed by atoms with van der Waals surface area (Å²) in [7, 11) is -3.58. The normalized spacial score (nSPS) is 10.3. The van der Waals surface area contributed by atoms with Crippen molar-refractivity contribution in [2.24, 2.45) is 5.14 Å². The summed E-state index contributed by atoms with van der Waals surface area (Å²) in [4.78, 5) is 3.83. The maximum absolute atomic E-state index is 10.7. The Kier molecular flexibility index (Phi) is 5.34. The van der Waals surface area contributed by atoms with Gasteiger partial charge in [0.2, 0.25) is 10.0 Å². The Morgan fingerprint density at radius 2 is 1.86 bits per heavy atom. The van der Waals surface area contributed by atoms with Crippen LogP contribution in [0.4, 0.5) is 0 Å². The molecule has 80 valence electrons. The summed E-state index contributed by atoms with van der Waals surface area (Å²) in [6.45, 7) is 6.02. The monoisotopic (exact) mass is 216 g/mol. The smallest absolute Gasteiger partial charge is 0.239 e. The molecule has 1 aromatic rings. The van der Waals surface area contributed by atoms with Crippen LogP contribution in [0.25, 0.3) is 0 Å². The first-order valence-electron chi connectivity index (χ1n) is 4.37. The van der Waals surface area contributed by atoms with Crippen LogP contribution in [0.5, 0.6) is 0 Å². The quantitative estimate of drug-likeness (QED) is 0.772. The number of aryl methyl sites for hydroxylation is 1. The average Bonchev–Trinajstić information content (AvgIpc) is 2.04. The fourth-order valence-corrected chi connectivity index (χ4v) is 1.08. The molecule has 0 unspecified atom stereocenters. The number of hydrogen-bond acceptors (Lipinski definition) is 3. The van der Waals surface area contributed by atoms with E-state index in [4.69, 9.17) is 5.14 Å². The van der Waals surface area contributed by atoms with Gasteiger partial charge < -0.3 is 0 Å². The van der Waals surface area contributed by atoms with E-state index < -0.39 is 10.0 Å². The van der Waals surface area contributed by atoms with Crippen LogP contribution in [0.3, 0.4) is 0 Å². The third kappa shape index (κ3) is 4.94. The standard InChI is InChI=1S/C6H8N2O2S.C3H8/c1-5-2-3-6(4-8-5)11(7,9)10;1-3-2/h2-4H,1H3,(H2,7,9,10);3H2,1-2H3. The van der Waals surface area contributed by atoms with E-state index in [1.54, 1.807) is 13.0 Å². The van der Waals surface area contributed by atoms with Gasteiger partial charge in [0.1, 0.15) is 4.90 Å². The second-order valence-electron chi connectivity index (χ2n) is 2.89. The molecule has 5 heteroatoms. The van der Waals surface area contributed by atoms with E-state index in [1.165, 1.54) is 18.7 Å². The van der Waals surface area contributed by atoms with Crippen LogP contribution in [0.15, 0.2) is 23.2 Å². The van der Waals surface area contributed by atoms with Gasteiger partial charge in [-0.3, -0.25) is 4.98 Å². The number of hydrogen-bond donors (Lipinski definition) is 1. The molecule has 1 heterocycles. The van der Waals surface area contributed by atoms with Crippen LogP contribution < -0.4 is 5.14 Å². The van der Waals surface area contributed by atoms with Gasteiger partial charge in [-0.05, 0) is 19.1 Å². The molecule has 0 aliphatic carbocycles. The van der Waals surface area contributed by atoms with Crippen molar-refractivity contribution in [3.05, 3.63) is 24.0 Å². The Balaban J connectivity index is 0.000000500. The predicted molar refractivity (Wildman–Crippen MR) is 56.3 cm³/mol. The first-order chi connectivity index (χ1) is 6.41. The number of aromatic nitrogens is 1. The van der Waals surface area contributed by atoms with Gasteiger partial charge in [-0.15, -0.1) is 0 Å². The van der Waals surface area contributed by atoms with E-state index in [-0.39, 0.29) is 4.90 Å². The summed E-state index contributed by atoms with van der Waals surface area (Å²) < 4.78 is 21.4. The van der Waals surface area contributed by atoms with E-state index in [0.717, 1.165) is 5.69 Å². The Hall–Kier alpha value is -0.940. The molecule has 0 radical (unpaired) electrons. The first kappa shape index (κ1) is 13.1. The van der Waals surface area contributed by atoms with Crippen molar-refractivity contribution in [3.8, 4) is 0 Å². The van der Waals surface area contributed by atoms with Crippen LogP contribution in [-0.4, -0.2) is 13.4 Å². The molecule has 0 aliphatic rings. The van der Waals surface area contributed by atoms with Crippen LogP contribution in [0.1, 0.15) is 26.0 Å². The molecule has 0 aliphatic heterocycles. The van der Waals surface area contributed by atoms with Crippen LogP contribution in [-0.2, 0) is 10.0 Å². The number of sulfonamides is 1. The van der Waals surface area contributed by atoms with Crippen LogP contribution >= 0.6 is 0 Å². The lowest BCUT2D eigenvalue weighted by atomic mass is 10.4. The summed E-state index contributed by atoms with van der Waals surface area (Å²) in [5, 5.41) is 4.84. The van der Waals surface area contributed by atoms with Crippen molar-refractivity contribution in [1.29, 1.82) is 0 Å². The molecule has 14 heavy (non-hydrogen) atoms. The SMILES string of the molecule is CCC.Cc1ccc(S(N)(=O)=O)cn1. The molecule has 0 saturated carbocycles. The number of nitrogens with zero attached hydrogens (tertiary/aromatic N) is 1. The Bertz CT molecular complexity index is 357. The Morgan fingerprint density at radius 1 is 1.36 bits per heavy atom. The zero-order chi connectivity index (χ0) is 11.2. The van der Waals surface area contributed by atoms with Gasteiger partial charge in [0.25, 0.3) is 0 Å². The lowest BCUT2D eigenvalue weighted by molar-refractivity contribution is 0.597. The number of nitrogens with two attached hydrogens (primary N) is 1. The molecule has 0 amide bonds. The van der Waals surface area contributed by atoms with Crippen molar-refractivity contribution >= 4 is 10.0 Å². The van der Waals surface area contributed by atoms with Gasteiger partial charge in [-0.25, -0.2) is 13.6 Å². The zero-order valence-electron chi connectivity index (χ0n) is 8.69. The lowest BCUT2D eigenvalue weighted by Gasteiger charge is -1.95. The largest absolute Gasteiger partial charge is 0.260 e. The molecule has 0 bridgehead atoms. The summed E-state index contributed by atoms with van der Waals surface area (Å²) in [5.41, 5.74) is 0.761. The summed E-state index contributed by atoms with van der Waals surface area (Å²) in [5.74, 6) is 0. The molecule has 0 fully saturated rings. The second-order valence-corrected chi connectivity index (χ2v) is 4.45. The summed E-state index contributed by atoms with van der Waals surface area (Å²) in [6, 6.07) is 3.03. The molecule has 4 nitrogen and oxygen atoms in total. The second kappa shape index (κ2) is 5.72. The molecular formula is C9H16N2O2S. The number of rotatable bonds is 1. The van der Waals surface area contributed by atoms with Gasteiger partial charge >= 0.3 is 0 Å². The minimum atomic E-state index is -3.58. The lowest BCUT2D eigenvalue weighted by Crippen LogP contribution is -2.12. The minimum absolute atomic E-state index is 0.0445. The highest BCUT2D eigenvalue weighted by Gasteiger charge is 2.05. The highest BCUT2D eigenvalue weighted by atomic mass is 32.2. The number of pyridine rings is 1. The summed E-state index contributed by atoms with van der Waals surface area (Å²) >= 11 is 0. The topological polar surface area (TPSA) is 73.1 Å². The maximum atomic E-state index is 10.7. The highest BCUT2D eigenvalue weighted by molar-refractivity contribution is 7.89. The molecule has 0 spiro atoms. The predicted octanol–water partition coefficient (Wildman–Crippen LogP) is 1.45. The van der Waals surface area contributed by atoms with Crippen molar-refractivity contribution in [2.45, 2.75) is 32.1 Å². The van der Waals surface area contributed by atoms with Gasteiger partial charge in [-0.2, -0.15) is 0 Å². The van der Waals surface area contributed by atoms with Crippen LogP contribution in [0.2, 0.25) is 0 Å². The third-order valence-corrected chi connectivity index (χ3v) is 2.11. The fourth-order valence-electron chi connectivity index (χ4n) is 0.623. The van der Waals surface area contributed by atoms with Gasteiger partial charge in [0.15, 0.2) is 0 Å². The van der Waals surface area contributed by atoms with E-state index in [2.05, 4.69) is 18.8 Å². The molecule has 0 saturated heterocycles. The number of primary sulfonamides is 1. The molecule has 2 N–H and O–H groups in total. The van der Waals surface area contributed by atoms with Crippen molar-refractivity contribution < 1.29 is 8.42 Å².